The minimum absolute atomic E-state index is 1.13. The van der Waals surface area contributed by atoms with Crippen LogP contribution in [0, 0.1) is 0 Å². The van der Waals surface area contributed by atoms with E-state index in [0.29, 0.717) is 0 Å². The van der Waals surface area contributed by atoms with Crippen LogP contribution < -0.4 is 0 Å². The second-order valence-electron chi connectivity index (χ2n) is 4.95. The zero-order valence-corrected chi connectivity index (χ0v) is 11.0. The van der Waals surface area contributed by atoms with Crippen molar-refractivity contribution in [3.63, 3.8) is 0 Å². The molecule has 1 aliphatic rings. The van der Waals surface area contributed by atoms with Crippen LogP contribution in [-0.2, 0) is 0 Å². The van der Waals surface area contributed by atoms with Crippen molar-refractivity contribution in [3.8, 4) is 0 Å². The SMILES string of the molecule is CCCCCCCCCN1C=CC=C(C)C1. The Morgan fingerprint density at radius 1 is 1.06 bits per heavy atom. The van der Waals surface area contributed by atoms with Gasteiger partial charge in [0.25, 0.3) is 0 Å². The van der Waals surface area contributed by atoms with Crippen molar-refractivity contribution >= 4 is 0 Å². The van der Waals surface area contributed by atoms with Crippen LogP contribution in [0.1, 0.15) is 58.8 Å². The lowest BCUT2D eigenvalue weighted by molar-refractivity contribution is 0.384. The largest absolute Gasteiger partial charge is 0.373 e. The van der Waals surface area contributed by atoms with Crippen LogP contribution in [-0.4, -0.2) is 18.0 Å². The lowest BCUT2D eigenvalue weighted by Gasteiger charge is -2.23. The summed E-state index contributed by atoms with van der Waals surface area (Å²) in [5, 5.41) is 0. The highest BCUT2D eigenvalue weighted by Crippen LogP contribution is 2.10. The summed E-state index contributed by atoms with van der Waals surface area (Å²) in [7, 11) is 0. The molecule has 0 aromatic heterocycles. The molecule has 0 fully saturated rings. The molecular weight excluding hydrogens is 194 g/mol. The number of unbranched alkanes of at least 4 members (excludes halogenated alkanes) is 6. The Kier molecular flexibility index (Phi) is 7.03. The summed E-state index contributed by atoms with van der Waals surface area (Å²) >= 11 is 0. The highest BCUT2D eigenvalue weighted by Gasteiger charge is 2.02. The van der Waals surface area contributed by atoms with Crippen LogP contribution in [0.2, 0.25) is 0 Å². The van der Waals surface area contributed by atoms with E-state index >= 15 is 0 Å². The number of hydrogen-bond acceptors (Lipinski definition) is 1. The normalized spacial score (nSPS) is 15.4. The van der Waals surface area contributed by atoms with Crippen LogP contribution in [0.5, 0.6) is 0 Å². The smallest absolute Gasteiger partial charge is 0.0383 e. The zero-order chi connectivity index (χ0) is 11.6. The summed E-state index contributed by atoms with van der Waals surface area (Å²) < 4.78 is 0. The van der Waals surface area contributed by atoms with E-state index in [1.165, 1.54) is 57.1 Å². The van der Waals surface area contributed by atoms with Crippen molar-refractivity contribution in [2.45, 2.75) is 58.8 Å². The summed E-state index contributed by atoms with van der Waals surface area (Å²) in [5.74, 6) is 0. The summed E-state index contributed by atoms with van der Waals surface area (Å²) in [6.07, 6.45) is 16.4. The van der Waals surface area contributed by atoms with Gasteiger partial charge in [-0.2, -0.15) is 0 Å². The minimum Gasteiger partial charge on any atom is -0.373 e. The molecule has 1 heterocycles. The van der Waals surface area contributed by atoms with E-state index in [9.17, 15) is 0 Å². The Morgan fingerprint density at radius 3 is 2.44 bits per heavy atom. The molecular formula is C15H27N. The van der Waals surface area contributed by atoms with Gasteiger partial charge in [0.05, 0.1) is 0 Å². The fourth-order valence-electron chi connectivity index (χ4n) is 2.18. The summed E-state index contributed by atoms with van der Waals surface area (Å²) in [6, 6.07) is 0. The predicted octanol–water partition coefficient (Wildman–Crippen LogP) is 4.51. The monoisotopic (exact) mass is 221 g/mol. The quantitative estimate of drug-likeness (QED) is 0.545. The van der Waals surface area contributed by atoms with Crippen LogP contribution in [0.4, 0.5) is 0 Å². The van der Waals surface area contributed by atoms with Gasteiger partial charge in [0.2, 0.25) is 0 Å². The molecule has 0 aromatic carbocycles. The molecule has 0 saturated heterocycles. The fourth-order valence-corrected chi connectivity index (χ4v) is 2.18. The second-order valence-corrected chi connectivity index (χ2v) is 4.95. The zero-order valence-electron chi connectivity index (χ0n) is 11.0. The van der Waals surface area contributed by atoms with E-state index in [4.69, 9.17) is 0 Å². The number of nitrogens with zero attached hydrogens (tertiary/aromatic N) is 1. The van der Waals surface area contributed by atoms with Crippen molar-refractivity contribution in [2.75, 3.05) is 13.1 Å². The second kappa shape index (κ2) is 8.43. The van der Waals surface area contributed by atoms with E-state index in [1.54, 1.807) is 0 Å². The van der Waals surface area contributed by atoms with E-state index in [-0.39, 0.29) is 0 Å². The Morgan fingerprint density at radius 2 is 1.75 bits per heavy atom. The van der Waals surface area contributed by atoms with Gasteiger partial charge >= 0.3 is 0 Å². The first-order valence-corrected chi connectivity index (χ1v) is 6.91. The van der Waals surface area contributed by atoms with Gasteiger partial charge in [-0.05, 0) is 25.6 Å². The number of allylic oxidation sites excluding steroid dienone is 2. The van der Waals surface area contributed by atoms with Gasteiger partial charge in [0.15, 0.2) is 0 Å². The molecule has 0 aliphatic carbocycles. The van der Waals surface area contributed by atoms with Gasteiger partial charge in [0.1, 0.15) is 0 Å². The molecule has 16 heavy (non-hydrogen) atoms. The first-order valence-electron chi connectivity index (χ1n) is 6.91. The van der Waals surface area contributed by atoms with Crippen LogP contribution in [0.25, 0.3) is 0 Å². The fraction of sp³-hybridized carbons (Fsp3) is 0.733. The first-order chi connectivity index (χ1) is 7.83. The van der Waals surface area contributed by atoms with Crippen molar-refractivity contribution in [3.05, 3.63) is 23.9 Å². The predicted molar refractivity (Wildman–Crippen MR) is 72.5 cm³/mol. The molecule has 0 radical (unpaired) electrons. The van der Waals surface area contributed by atoms with Crippen LogP contribution in [0.3, 0.4) is 0 Å². The third kappa shape index (κ3) is 5.99. The molecule has 0 atom stereocenters. The molecule has 1 nitrogen and oxygen atoms in total. The molecule has 0 spiro atoms. The molecule has 1 aliphatic heterocycles. The van der Waals surface area contributed by atoms with Gasteiger partial charge in [-0.15, -0.1) is 0 Å². The van der Waals surface area contributed by atoms with Gasteiger partial charge in [-0.25, -0.2) is 0 Å². The highest BCUT2D eigenvalue weighted by atomic mass is 15.1. The minimum atomic E-state index is 1.13. The Labute approximate surface area is 101 Å². The molecule has 0 saturated carbocycles. The third-order valence-electron chi connectivity index (χ3n) is 3.18. The number of rotatable bonds is 8. The topological polar surface area (TPSA) is 3.24 Å². The van der Waals surface area contributed by atoms with Crippen molar-refractivity contribution in [1.82, 2.24) is 4.90 Å². The van der Waals surface area contributed by atoms with E-state index in [0.717, 1.165) is 6.54 Å². The van der Waals surface area contributed by atoms with E-state index < -0.39 is 0 Å². The maximum absolute atomic E-state index is 2.43. The van der Waals surface area contributed by atoms with E-state index in [2.05, 4.69) is 37.1 Å². The maximum atomic E-state index is 2.43. The summed E-state index contributed by atoms with van der Waals surface area (Å²) in [6.45, 7) is 6.85. The molecule has 1 heteroatoms. The van der Waals surface area contributed by atoms with E-state index in [1.807, 2.05) is 0 Å². The molecule has 0 unspecified atom stereocenters. The Balaban J connectivity index is 1.92. The van der Waals surface area contributed by atoms with Gasteiger partial charge in [0, 0.05) is 13.1 Å². The lowest BCUT2D eigenvalue weighted by Crippen LogP contribution is -2.22. The van der Waals surface area contributed by atoms with Crippen molar-refractivity contribution in [1.29, 1.82) is 0 Å². The third-order valence-corrected chi connectivity index (χ3v) is 3.18. The molecule has 0 bridgehead atoms. The summed E-state index contributed by atoms with van der Waals surface area (Å²) in [5.41, 5.74) is 1.48. The van der Waals surface area contributed by atoms with Crippen LogP contribution in [0.15, 0.2) is 23.9 Å². The lowest BCUT2D eigenvalue weighted by atomic mass is 10.1. The average molecular weight is 221 g/mol. The molecule has 1 rings (SSSR count). The van der Waals surface area contributed by atoms with Crippen LogP contribution >= 0.6 is 0 Å². The standard InChI is InChI=1S/C15H27N/c1-3-4-5-6-7-8-9-12-16-13-10-11-15(2)14-16/h10-11,13H,3-9,12,14H2,1-2H3. The first kappa shape index (κ1) is 13.3. The maximum Gasteiger partial charge on any atom is 0.0383 e. The highest BCUT2D eigenvalue weighted by molar-refractivity contribution is 5.16. The average Bonchev–Trinajstić information content (AvgIpc) is 2.28. The van der Waals surface area contributed by atoms with Crippen molar-refractivity contribution in [2.24, 2.45) is 0 Å². The Hall–Kier alpha value is -0.720. The molecule has 92 valence electrons. The molecule has 0 amide bonds. The molecule has 0 aromatic rings. The van der Waals surface area contributed by atoms with Gasteiger partial charge in [-0.1, -0.05) is 57.1 Å². The van der Waals surface area contributed by atoms with Gasteiger partial charge in [-0.3, -0.25) is 0 Å². The number of hydrogen-bond donors (Lipinski definition) is 0. The van der Waals surface area contributed by atoms with Gasteiger partial charge < -0.3 is 4.90 Å². The summed E-state index contributed by atoms with van der Waals surface area (Å²) in [4.78, 5) is 2.43. The van der Waals surface area contributed by atoms with Crippen molar-refractivity contribution < 1.29 is 0 Å². The molecule has 0 N–H and O–H groups in total. The Bertz CT molecular complexity index is 228.